The summed E-state index contributed by atoms with van der Waals surface area (Å²) in [6, 6.07) is 4.31. The largest absolute Gasteiger partial charge is 0.504 e. The minimum absolute atomic E-state index is 0.0323. The molecule has 4 N–H and O–H groups in total. The molecule has 0 saturated carbocycles. The lowest BCUT2D eigenvalue weighted by Gasteiger charge is -2.18. The van der Waals surface area contributed by atoms with Crippen molar-refractivity contribution >= 4 is 0 Å². The molecule has 1 aromatic rings. The molecule has 0 aliphatic rings. The predicted octanol–water partition coefficient (Wildman–Crippen LogP) is 0.177. The number of rotatable bonds is 5. The molecule has 0 heterocycles. The molecule has 0 bridgehead atoms. The number of phenolic OH excluding ortho intramolecular Hbond substituents is 1. The Hall–Kier alpha value is -1.30. The van der Waals surface area contributed by atoms with Gasteiger partial charge in [0.2, 0.25) is 0 Å². The molecule has 16 heavy (non-hydrogen) atoms. The lowest BCUT2D eigenvalue weighted by molar-refractivity contribution is 0.00410. The fraction of sp³-hybridized carbons (Fsp3) is 0.455. The van der Waals surface area contributed by atoms with Gasteiger partial charge in [0.05, 0.1) is 13.2 Å². The monoisotopic (exact) mass is 228 g/mol. The second kappa shape index (κ2) is 5.69. The van der Waals surface area contributed by atoms with E-state index >= 15 is 0 Å². The Labute approximate surface area is 93.5 Å². The first-order valence-corrected chi connectivity index (χ1v) is 4.94. The molecule has 90 valence electrons. The van der Waals surface area contributed by atoms with Crippen LogP contribution in [0.3, 0.4) is 0 Å². The molecule has 1 aromatic carbocycles. The second-order valence-electron chi connectivity index (χ2n) is 3.46. The van der Waals surface area contributed by atoms with Crippen LogP contribution in [0.1, 0.15) is 18.1 Å². The van der Waals surface area contributed by atoms with Crippen LogP contribution in [0, 0.1) is 0 Å². The standard InChI is InChI=1S/C11H16O5/c1-16-10-6-7(2-3-8(10)13)11(15)9(14)4-5-12/h2-3,6,9,11-15H,4-5H2,1H3. The lowest BCUT2D eigenvalue weighted by Crippen LogP contribution is -2.19. The molecule has 0 fully saturated rings. The maximum Gasteiger partial charge on any atom is 0.160 e. The first kappa shape index (κ1) is 12.8. The number of aliphatic hydroxyl groups excluding tert-OH is 3. The Morgan fingerprint density at radius 3 is 2.56 bits per heavy atom. The zero-order chi connectivity index (χ0) is 12.1. The zero-order valence-electron chi connectivity index (χ0n) is 9.00. The number of methoxy groups -OCH3 is 1. The van der Waals surface area contributed by atoms with Gasteiger partial charge in [-0.05, 0) is 24.1 Å². The van der Waals surface area contributed by atoms with Gasteiger partial charge in [-0.25, -0.2) is 0 Å². The van der Waals surface area contributed by atoms with E-state index in [2.05, 4.69) is 0 Å². The summed E-state index contributed by atoms with van der Waals surface area (Å²) in [6.45, 7) is -0.201. The summed E-state index contributed by atoms with van der Waals surface area (Å²) < 4.78 is 4.88. The highest BCUT2D eigenvalue weighted by Gasteiger charge is 2.19. The van der Waals surface area contributed by atoms with Crippen LogP contribution in [0.5, 0.6) is 11.5 Å². The third kappa shape index (κ3) is 2.85. The minimum atomic E-state index is -1.11. The van der Waals surface area contributed by atoms with Crippen molar-refractivity contribution in [3.8, 4) is 11.5 Å². The average molecular weight is 228 g/mol. The molecule has 5 heteroatoms. The van der Waals surface area contributed by atoms with E-state index in [0.29, 0.717) is 5.56 Å². The first-order valence-electron chi connectivity index (χ1n) is 4.94. The van der Waals surface area contributed by atoms with Gasteiger partial charge in [-0.15, -0.1) is 0 Å². The first-order chi connectivity index (χ1) is 7.60. The summed E-state index contributed by atoms with van der Waals surface area (Å²) in [7, 11) is 1.40. The second-order valence-corrected chi connectivity index (χ2v) is 3.46. The van der Waals surface area contributed by atoms with Crippen LogP contribution in [0.25, 0.3) is 0 Å². The molecular weight excluding hydrogens is 212 g/mol. The van der Waals surface area contributed by atoms with Gasteiger partial charge >= 0.3 is 0 Å². The Morgan fingerprint density at radius 2 is 2.00 bits per heavy atom. The predicted molar refractivity (Wildman–Crippen MR) is 57.3 cm³/mol. The summed E-state index contributed by atoms with van der Waals surface area (Å²) in [4.78, 5) is 0. The summed E-state index contributed by atoms with van der Waals surface area (Å²) in [5, 5.41) is 37.2. The molecule has 0 saturated heterocycles. The van der Waals surface area contributed by atoms with Gasteiger partial charge in [0.15, 0.2) is 11.5 Å². The van der Waals surface area contributed by atoms with Crippen molar-refractivity contribution in [1.82, 2.24) is 0 Å². The highest BCUT2D eigenvalue weighted by molar-refractivity contribution is 5.42. The number of aromatic hydroxyl groups is 1. The number of phenols is 1. The highest BCUT2D eigenvalue weighted by atomic mass is 16.5. The fourth-order valence-electron chi connectivity index (χ4n) is 1.39. The summed E-state index contributed by atoms with van der Waals surface area (Å²) in [5.74, 6) is 0.197. The van der Waals surface area contributed by atoms with Crippen LogP contribution < -0.4 is 4.74 Å². The van der Waals surface area contributed by atoms with Crippen molar-refractivity contribution in [3.63, 3.8) is 0 Å². The van der Waals surface area contributed by atoms with E-state index in [9.17, 15) is 15.3 Å². The highest BCUT2D eigenvalue weighted by Crippen LogP contribution is 2.30. The molecular formula is C11H16O5. The maximum absolute atomic E-state index is 9.73. The van der Waals surface area contributed by atoms with Crippen LogP contribution in [0.2, 0.25) is 0 Å². The Kier molecular flexibility index (Phi) is 4.54. The molecule has 1 rings (SSSR count). The van der Waals surface area contributed by atoms with Crippen molar-refractivity contribution in [2.45, 2.75) is 18.6 Å². The van der Waals surface area contributed by atoms with Gasteiger partial charge in [0.1, 0.15) is 6.10 Å². The van der Waals surface area contributed by atoms with Crippen LogP contribution in [-0.2, 0) is 0 Å². The van der Waals surface area contributed by atoms with Crippen molar-refractivity contribution in [2.75, 3.05) is 13.7 Å². The summed E-state index contributed by atoms with van der Waals surface area (Å²) >= 11 is 0. The molecule has 0 aliphatic carbocycles. The van der Waals surface area contributed by atoms with Crippen LogP contribution >= 0.6 is 0 Å². The van der Waals surface area contributed by atoms with E-state index < -0.39 is 12.2 Å². The normalized spacial score (nSPS) is 14.5. The molecule has 0 spiro atoms. The lowest BCUT2D eigenvalue weighted by atomic mass is 10.0. The van der Waals surface area contributed by atoms with Crippen molar-refractivity contribution in [1.29, 1.82) is 0 Å². The van der Waals surface area contributed by atoms with Gasteiger partial charge < -0.3 is 25.2 Å². The quantitative estimate of drug-likeness (QED) is 0.577. The Bertz CT molecular complexity index is 339. The topological polar surface area (TPSA) is 90.2 Å². The minimum Gasteiger partial charge on any atom is -0.504 e. The van der Waals surface area contributed by atoms with E-state index in [0.717, 1.165) is 0 Å². The molecule has 0 radical (unpaired) electrons. The average Bonchev–Trinajstić information content (AvgIpc) is 2.29. The zero-order valence-corrected chi connectivity index (χ0v) is 9.00. The van der Waals surface area contributed by atoms with E-state index in [1.165, 1.54) is 25.3 Å². The number of hydrogen-bond donors (Lipinski definition) is 4. The van der Waals surface area contributed by atoms with Crippen LogP contribution in [0.4, 0.5) is 0 Å². The molecule has 5 nitrogen and oxygen atoms in total. The van der Waals surface area contributed by atoms with Crippen molar-refractivity contribution in [3.05, 3.63) is 23.8 Å². The number of ether oxygens (including phenoxy) is 1. The molecule has 0 aliphatic heterocycles. The molecule has 0 aromatic heterocycles. The number of hydrogen-bond acceptors (Lipinski definition) is 5. The van der Waals surface area contributed by atoms with E-state index in [1.54, 1.807) is 0 Å². The Balaban J connectivity index is 2.87. The van der Waals surface area contributed by atoms with E-state index in [-0.39, 0.29) is 24.5 Å². The van der Waals surface area contributed by atoms with Crippen LogP contribution in [0.15, 0.2) is 18.2 Å². The van der Waals surface area contributed by atoms with Gasteiger partial charge in [-0.1, -0.05) is 6.07 Å². The van der Waals surface area contributed by atoms with Gasteiger partial charge in [0.25, 0.3) is 0 Å². The van der Waals surface area contributed by atoms with Crippen molar-refractivity contribution in [2.24, 2.45) is 0 Å². The van der Waals surface area contributed by atoms with Crippen LogP contribution in [-0.4, -0.2) is 40.2 Å². The van der Waals surface area contributed by atoms with Gasteiger partial charge in [0, 0.05) is 6.61 Å². The summed E-state index contributed by atoms with van der Waals surface area (Å²) in [6.07, 6.45) is -2.06. The van der Waals surface area contributed by atoms with E-state index in [4.69, 9.17) is 9.84 Å². The molecule has 2 atom stereocenters. The molecule has 0 amide bonds. The maximum atomic E-state index is 9.73. The Morgan fingerprint density at radius 1 is 1.31 bits per heavy atom. The van der Waals surface area contributed by atoms with Crippen molar-refractivity contribution < 1.29 is 25.2 Å². The SMILES string of the molecule is COc1cc(C(O)C(O)CCO)ccc1O. The van der Waals surface area contributed by atoms with E-state index in [1.807, 2.05) is 0 Å². The van der Waals surface area contributed by atoms with Gasteiger partial charge in [-0.3, -0.25) is 0 Å². The molecule has 2 unspecified atom stereocenters. The fourth-order valence-corrected chi connectivity index (χ4v) is 1.39. The third-order valence-corrected chi connectivity index (χ3v) is 2.33. The summed E-state index contributed by atoms with van der Waals surface area (Å²) in [5.41, 5.74) is 0.426. The third-order valence-electron chi connectivity index (χ3n) is 2.33. The number of benzene rings is 1. The van der Waals surface area contributed by atoms with Gasteiger partial charge in [-0.2, -0.15) is 0 Å². The number of aliphatic hydroxyl groups is 3. The smallest absolute Gasteiger partial charge is 0.160 e.